The minimum absolute atomic E-state index is 0.188. The highest BCUT2D eigenvalue weighted by Crippen LogP contribution is 2.66. The predicted octanol–water partition coefficient (Wildman–Crippen LogP) is 4.42. The molecule has 2 saturated carbocycles. The summed E-state index contributed by atoms with van der Waals surface area (Å²) in [4.78, 5) is 4.15. The van der Waals surface area contributed by atoms with Gasteiger partial charge in [0.2, 0.25) is 0 Å². The first-order valence-electron chi connectivity index (χ1n) is 11.4. The molecule has 1 aromatic rings. The molecule has 4 atom stereocenters. The molecule has 0 aromatic heterocycles. The Kier molecular flexibility index (Phi) is 6.07. The molecular formula is C24H35F3N2O2. The van der Waals surface area contributed by atoms with Crippen molar-refractivity contribution in [3.63, 3.8) is 0 Å². The Bertz CT molecular complexity index is 776. The monoisotopic (exact) mass is 440 g/mol. The molecule has 0 spiro atoms. The Balaban J connectivity index is 1.23. The van der Waals surface area contributed by atoms with E-state index in [-0.39, 0.29) is 11.5 Å². The highest BCUT2D eigenvalue weighted by molar-refractivity contribution is 5.49. The normalized spacial score (nSPS) is 31.9. The van der Waals surface area contributed by atoms with Gasteiger partial charge >= 0.3 is 6.18 Å². The minimum atomic E-state index is -4.33. The Morgan fingerprint density at radius 2 is 1.87 bits per heavy atom. The van der Waals surface area contributed by atoms with Crippen LogP contribution < -0.4 is 4.90 Å². The SMILES string of the molecule is CC1(C)C2CCC1(C)C(OCC(O)CN1CCN(c3cccc(C(F)(F)F)c3)CC1)C2. The van der Waals surface area contributed by atoms with E-state index in [0.717, 1.165) is 12.5 Å². The lowest BCUT2D eigenvalue weighted by molar-refractivity contribution is -0.137. The van der Waals surface area contributed by atoms with Gasteiger partial charge in [0.05, 0.1) is 24.4 Å². The van der Waals surface area contributed by atoms with Gasteiger partial charge in [-0.2, -0.15) is 13.2 Å². The summed E-state index contributed by atoms with van der Waals surface area (Å²) in [5.74, 6) is 0.712. The largest absolute Gasteiger partial charge is 0.416 e. The summed E-state index contributed by atoms with van der Waals surface area (Å²) in [5, 5.41) is 10.5. The molecule has 1 aromatic carbocycles. The molecular weight excluding hydrogens is 405 g/mol. The van der Waals surface area contributed by atoms with Gasteiger partial charge < -0.3 is 14.7 Å². The first-order valence-corrected chi connectivity index (χ1v) is 11.4. The minimum Gasteiger partial charge on any atom is -0.389 e. The van der Waals surface area contributed by atoms with Crippen molar-refractivity contribution in [1.29, 1.82) is 0 Å². The summed E-state index contributed by atoms with van der Waals surface area (Å²) in [6.45, 7) is 10.6. The van der Waals surface area contributed by atoms with Crippen LogP contribution in [0.4, 0.5) is 18.9 Å². The maximum absolute atomic E-state index is 13.0. The van der Waals surface area contributed by atoms with Crippen molar-refractivity contribution in [2.75, 3.05) is 44.2 Å². The van der Waals surface area contributed by atoms with Crippen LogP contribution in [0.1, 0.15) is 45.6 Å². The van der Waals surface area contributed by atoms with Gasteiger partial charge in [0.15, 0.2) is 0 Å². The molecule has 0 amide bonds. The van der Waals surface area contributed by atoms with Gasteiger partial charge in [-0.1, -0.05) is 26.8 Å². The third-order valence-corrected chi connectivity index (χ3v) is 8.58. The van der Waals surface area contributed by atoms with Crippen molar-refractivity contribution in [2.45, 2.75) is 58.4 Å². The third kappa shape index (κ3) is 4.33. The first-order chi connectivity index (χ1) is 14.5. The van der Waals surface area contributed by atoms with Gasteiger partial charge in [0, 0.05) is 38.4 Å². The molecule has 174 valence electrons. The van der Waals surface area contributed by atoms with Gasteiger partial charge in [-0.3, -0.25) is 4.90 Å². The fourth-order valence-corrected chi connectivity index (χ4v) is 6.03. The number of anilines is 1. The van der Waals surface area contributed by atoms with Crippen LogP contribution >= 0.6 is 0 Å². The van der Waals surface area contributed by atoms with Gasteiger partial charge in [-0.15, -0.1) is 0 Å². The maximum Gasteiger partial charge on any atom is 0.416 e. The summed E-state index contributed by atoms with van der Waals surface area (Å²) in [7, 11) is 0. The van der Waals surface area contributed by atoms with Crippen LogP contribution in [-0.2, 0) is 10.9 Å². The highest BCUT2D eigenvalue weighted by Gasteiger charge is 2.61. The van der Waals surface area contributed by atoms with Gasteiger partial charge in [-0.05, 0) is 54.2 Å². The number of hydrogen-bond donors (Lipinski definition) is 1. The number of piperazine rings is 1. The molecule has 3 fully saturated rings. The lowest BCUT2D eigenvalue weighted by Crippen LogP contribution is -2.49. The average molecular weight is 441 g/mol. The molecule has 2 aliphatic carbocycles. The molecule has 4 nitrogen and oxygen atoms in total. The van der Waals surface area contributed by atoms with E-state index >= 15 is 0 Å². The fraction of sp³-hybridized carbons (Fsp3) is 0.750. The number of hydrogen-bond acceptors (Lipinski definition) is 4. The molecule has 1 heterocycles. The molecule has 0 radical (unpaired) electrons. The van der Waals surface area contributed by atoms with Crippen molar-refractivity contribution in [3.8, 4) is 0 Å². The zero-order valence-electron chi connectivity index (χ0n) is 18.8. The van der Waals surface area contributed by atoms with Crippen LogP contribution in [0.2, 0.25) is 0 Å². The van der Waals surface area contributed by atoms with Crippen LogP contribution in [0.5, 0.6) is 0 Å². The second kappa shape index (κ2) is 8.23. The summed E-state index contributed by atoms with van der Waals surface area (Å²) in [6.07, 6.45) is -1.09. The highest BCUT2D eigenvalue weighted by atomic mass is 19.4. The number of halogens is 3. The number of β-amino-alcohol motifs (C(OH)–C–C–N with tert-alkyl or cyclic N) is 1. The molecule has 4 unspecified atom stereocenters. The van der Waals surface area contributed by atoms with E-state index in [2.05, 4.69) is 25.7 Å². The zero-order chi connectivity index (χ0) is 22.4. The van der Waals surface area contributed by atoms with E-state index in [4.69, 9.17) is 4.74 Å². The number of rotatable bonds is 6. The van der Waals surface area contributed by atoms with Crippen LogP contribution in [0.3, 0.4) is 0 Å². The fourth-order valence-electron chi connectivity index (χ4n) is 6.03. The first kappa shape index (κ1) is 22.9. The number of aliphatic hydroxyl groups excluding tert-OH is 1. The zero-order valence-corrected chi connectivity index (χ0v) is 18.8. The molecule has 3 aliphatic rings. The van der Waals surface area contributed by atoms with Crippen LogP contribution in [-0.4, -0.2) is 61.5 Å². The summed E-state index contributed by atoms with van der Waals surface area (Å²) in [6, 6.07) is 5.51. The van der Waals surface area contributed by atoms with Gasteiger partial charge in [-0.25, -0.2) is 0 Å². The second-order valence-corrected chi connectivity index (χ2v) is 10.4. The topological polar surface area (TPSA) is 35.9 Å². The summed E-state index contributed by atoms with van der Waals surface area (Å²) >= 11 is 0. The summed E-state index contributed by atoms with van der Waals surface area (Å²) in [5.41, 5.74) is 0.471. The Morgan fingerprint density at radius 1 is 1.16 bits per heavy atom. The van der Waals surface area contributed by atoms with Crippen molar-refractivity contribution in [2.24, 2.45) is 16.7 Å². The lowest BCUT2D eigenvalue weighted by Gasteiger charge is -2.40. The van der Waals surface area contributed by atoms with Gasteiger partial charge in [0.25, 0.3) is 0 Å². The summed E-state index contributed by atoms with van der Waals surface area (Å²) < 4.78 is 45.1. The Hall–Kier alpha value is -1.31. The number of nitrogens with zero attached hydrogens (tertiary/aromatic N) is 2. The van der Waals surface area contributed by atoms with Crippen molar-refractivity contribution in [1.82, 2.24) is 4.90 Å². The molecule has 4 rings (SSSR count). The van der Waals surface area contributed by atoms with Crippen molar-refractivity contribution in [3.05, 3.63) is 29.8 Å². The number of aliphatic hydroxyl groups is 1. The van der Waals surface area contributed by atoms with Crippen LogP contribution in [0.25, 0.3) is 0 Å². The van der Waals surface area contributed by atoms with E-state index in [1.54, 1.807) is 6.07 Å². The molecule has 1 N–H and O–H groups in total. The maximum atomic E-state index is 13.0. The van der Waals surface area contributed by atoms with E-state index in [1.165, 1.54) is 25.0 Å². The van der Waals surface area contributed by atoms with Crippen LogP contribution in [0, 0.1) is 16.7 Å². The van der Waals surface area contributed by atoms with Crippen molar-refractivity contribution >= 4 is 5.69 Å². The number of ether oxygens (including phenoxy) is 1. The molecule has 31 heavy (non-hydrogen) atoms. The smallest absolute Gasteiger partial charge is 0.389 e. The Morgan fingerprint density at radius 3 is 2.45 bits per heavy atom. The van der Waals surface area contributed by atoms with Crippen molar-refractivity contribution < 1.29 is 23.0 Å². The number of fused-ring (bicyclic) bond motifs is 2. The van der Waals surface area contributed by atoms with E-state index in [0.29, 0.717) is 56.4 Å². The molecule has 1 aliphatic heterocycles. The van der Waals surface area contributed by atoms with E-state index in [1.807, 2.05) is 4.90 Å². The Labute approximate surface area is 183 Å². The predicted molar refractivity (Wildman–Crippen MR) is 115 cm³/mol. The van der Waals surface area contributed by atoms with Crippen LogP contribution in [0.15, 0.2) is 24.3 Å². The quantitative estimate of drug-likeness (QED) is 0.711. The molecule has 2 bridgehead atoms. The lowest BCUT2D eigenvalue weighted by atomic mass is 9.70. The third-order valence-electron chi connectivity index (χ3n) is 8.58. The van der Waals surface area contributed by atoms with E-state index in [9.17, 15) is 18.3 Å². The molecule has 7 heteroatoms. The number of alkyl halides is 3. The molecule has 1 saturated heterocycles. The second-order valence-electron chi connectivity index (χ2n) is 10.4. The van der Waals surface area contributed by atoms with Gasteiger partial charge in [0.1, 0.15) is 0 Å². The van der Waals surface area contributed by atoms with E-state index < -0.39 is 17.8 Å². The standard InChI is InChI=1S/C24H35F3N2O2/c1-22(2)17-7-8-23(22,3)21(14-17)31-16-20(30)15-28-9-11-29(12-10-28)19-6-4-5-18(13-19)24(25,26)27/h4-6,13,17,20-21,30H,7-12,14-16H2,1-3H3. The average Bonchev–Trinajstić information content (AvgIpc) is 3.06. The number of benzene rings is 1.